The summed E-state index contributed by atoms with van der Waals surface area (Å²) in [5, 5.41) is 6.17. The number of benzene rings is 2. The molecule has 9 heteroatoms. The summed E-state index contributed by atoms with van der Waals surface area (Å²) in [5.74, 6) is -1.63. The number of Topliss-reactive ketones (excluding diaryl/α,β-unsaturated/α-hetero) is 3. The van der Waals surface area contributed by atoms with E-state index in [-0.39, 0.29) is 53.8 Å². The van der Waals surface area contributed by atoms with Crippen LogP contribution in [0.4, 0.5) is 0 Å². The molecule has 0 radical (unpaired) electrons. The molecule has 0 aromatic heterocycles. The van der Waals surface area contributed by atoms with Gasteiger partial charge in [-0.1, -0.05) is 95.3 Å². The Morgan fingerprint density at radius 3 is 1.84 bits per heavy atom. The number of piperazine rings is 1. The van der Waals surface area contributed by atoms with Crippen LogP contribution in [0, 0.1) is 29.1 Å². The van der Waals surface area contributed by atoms with Gasteiger partial charge in [-0.2, -0.15) is 0 Å². The van der Waals surface area contributed by atoms with Crippen molar-refractivity contribution in [2.75, 3.05) is 39.8 Å². The highest BCUT2D eigenvalue weighted by Gasteiger charge is 2.48. The SMILES string of the molecule is CC(C)C[C@H](NC(=O)C(CCc1ccccc1)CC(=O)CCCCN1CCN(C)CC1)C(=O)C[C@@H](Cc1ccccc1)C(=O)N[C@@H](CC(C)C)C(=O)C1(C)CC1. The molecule has 4 rings (SSSR count). The van der Waals surface area contributed by atoms with E-state index in [4.69, 9.17) is 0 Å². The molecule has 2 aromatic rings. The van der Waals surface area contributed by atoms with Crippen LogP contribution in [0.2, 0.25) is 0 Å². The summed E-state index contributed by atoms with van der Waals surface area (Å²) in [6, 6.07) is 18.2. The number of rotatable bonds is 25. The smallest absolute Gasteiger partial charge is 0.224 e. The van der Waals surface area contributed by atoms with Crippen molar-refractivity contribution in [1.82, 2.24) is 20.4 Å². The highest BCUT2D eigenvalue weighted by atomic mass is 16.2. The van der Waals surface area contributed by atoms with E-state index in [1.807, 2.05) is 95.3 Å². The standard InChI is InChI=1S/C47H70N4O5/c1-34(2)29-41(43(53)33-39(31-37-17-11-8-12-18-37)46(56)49-42(30-35(3)4)44(54)47(5)22-23-47)48-45(55)38(21-20-36-15-9-7-10-16-36)32-40(52)19-13-14-24-51-27-25-50(6)26-28-51/h7-12,15-18,34-35,38-39,41-42H,13-14,19-33H2,1-6H3,(H,48,55)(H,49,56)/t38?,39-,41+,42+/m1/s1. The number of carbonyl (C=O) groups is 5. The van der Waals surface area contributed by atoms with Crippen LogP contribution in [0.1, 0.15) is 110 Å². The molecule has 1 saturated heterocycles. The third-order valence-electron chi connectivity index (χ3n) is 11.7. The molecule has 0 bridgehead atoms. The molecule has 0 spiro atoms. The number of unbranched alkanes of at least 4 members (excludes halogenated alkanes) is 1. The van der Waals surface area contributed by atoms with Crippen LogP contribution in [0.25, 0.3) is 0 Å². The minimum atomic E-state index is -0.801. The first-order valence-electron chi connectivity index (χ1n) is 21.4. The summed E-state index contributed by atoms with van der Waals surface area (Å²) in [4.78, 5) is 74.3. The molecule has 2 N–H and O–H groups in total. The van der Waals surface area contributed by atoms with Crippen molar-refractivity contribution >= 4 is 29.2 Å². The lowest BCUT2D eigenvalue weighted by Gasteiger charge is -2.32. The van der Waals surface area contributed by atoms with E-state index < -0.39 is 29.3 Å². The highest BCUT2D eigenvalue weighted by Crippen LogP contribution is 2.47. The first-order chi connectivity index (χ1) is 26.7. The summed E-state index contributed by atoms with van der Waals surface area (Å²) in [6.07, 6.45) is 6.34. The number of carbonyl (C=O) groups excluding carboxylic acids is 5. The molecule has 308 valence electrons. The molecule has 4 atom stereocenters. The molecule has 1 unspecified atom stereocenters. The van der Waals surface area contributed by atoms with E-state index in [1.165, 1.54) is 0 Å². The average molecular weight is 771 g/mol. The zero-order chi connectivity index (χ0) is 40.7. The maximum absolute atomic E-state index is 14.3. The van der Waals surface area contributed by atoms with Crippen molar-refractivity contribution in [2.45, 2.75) is 124 Å². The first kappa shape index (κ1) is 45.0. The lowest BCUT2D eigenvalue weighted by atomic mass is 9.87. The van der Waals surface area contributed by atoms with Crippen molar-refractivity contribution < 1.29 is 24.0 Å². The number of hydrogen-bond acceptors (Lipinski definition) is 7. The predicted molar refractivity (Wildman–Crippen MR) is 224 cm³/mol. The largest absolute Gasteiger partial charge is 0.346 e. The van der Waals surface area contributed by atoms with Gasteiger partial charge in [-0.05, 0) is 94.3 Å². The second-order valence-corrected chi connectivity index (χ2v) is 17.9. The fraction of sp³-hybridized carbons (Fsp3) is 0.638. The molecule has 1 aliphatic carbocycles. The van der Waals surface area contributed by atoms with E-state index in [9.17, 15) is 24.0 Å². The summed E-state index contributed by atoms with van der Waals surface area (Å²) in [5.41, 5.74) is 1.63. The van der Waals surface area contributed by atoms with Crippen molar-refractivity contribution in [3.05, 3.63) is 71.8 Å². The number of nitrogens with one attached hydrogen (secondary N) is 2. The Balaban J connectivity index is 1.45. The molecule has 1 aliphatic heterocycles. The lowest BCUT2D eigenvalue weighted by Crippen LogP contribution is -2.49. The van der Waals surface area contributed by atoms with Gasteiger partial charge in [-0.25, -0.2) is 0 Å². The van der Waals surface area contributed by atoms with Crippen molar-refractivity contribution in [1.29, 1.82) is 0 Å². The van der Waals surface area contributed by atoms with Gasteiger partial charge in [0.05, 0.1) is 12.1 Å². The Morgan fingerprint density at radius 2 is 1.25 bits per heavy atom. The van der Waals surface area contributed by atoms with E-state index >= 15 is 0 Å². The molecule has 2 fully saturated rings. The summed E-state index contributed by atoms with van der Waals surface area (Å²) < 4.78 is 0. The number of hydrogen-bond donors (Lipinski definition) is 2. The molecule has 1 heterocycles. The van der Waals surface area contributed by atoms with Gasteiger partial charge in [-0.3, -0.25) is 24.0 Å². The van der Waals surface area contributed by atoms with Gasteiger partial charge < -0.3 is 20.4 Å². The highest BCUT2D eigenvalue weighted by molar-refractivity contribution is 5.97. The van der Waals surface area contributed by atoms with Gasteiger partial charge in [-0.15, -0.1) is 0 Å². The van der Waals surface area contributed by atoms with Crippen LogP contribution in [0.5, 0.6) is 0 Å². The van der Waals surface area contributed by atoms with Crippen LogP contribution < -0.4 is 10.6 Å². The molecular weight excluding hydrogens is 701 g/mol. The summed E-state index contributed by atoms with van der Waals surface area (Å²) in [6.45, 7) is 15.3. The fourth-order valence-corrected chi connectivity index (χ4v) is 7.84. The van der Waals surface area contributed by atoms with Gasteiger partial charge in [0.2, 0.25) is 11.8 Å². The number of likely N-dealkylation sites (N-methyl/N-ethyl adjacent to an activating group) is 1. The van der Waals surface area contributed by atoms with Crippen LogP contribution in [-0.2, 0) is 36.8 Å². The summed E-state index contributed by atoms with van der Waals surface area (Å²) >= 11 is 0. The second kappa shape index (κ2) is 22.3. The number of nitrogens with zero attached hydrogens (tertiary/aromatic N) is 2. The van der Waals surface area contributed by atoms with Gasteiger partial charge in [0.1, 0.15) is 5.78 Å². The quantitative estimate of drug-likeness (QED) is 0.106. The second-order valence-electron chi connectivity index (χ2n) is 17.9. The van der Waals surface area contributed by atoms with Crippen LogP contribution in [0.3, 0.4) is 0 Å². The third kappa shape index (κ3) is 15.3. The molecular formula is C47H70N4O5. The number of ketones is 3. The molecule has 2 amide bonds. The van der Waals surface area contributed by atoms with E-state index in [0.29, 0.717) is 38.5 Å². The van der Waals surface area contributed by atoms with E-state index in [2.05, 4.69) is 27.5 Å². The van der Waals surface area contributed by atoms with Gasteiger partial charge in [0, 0.05) is 62.7 Å². The van der Waals surface area contributed by atoms with E-state index in [0.717, 1.165) is 69.5 Å². The topological polar surface area (TPSA) is 116 Å². The maximum Gasteiger partial charge on any atom is 0.224 e. The van der Waals surface area contributed by atoms with E-state index in [1.54, 1.807) is 0 Å². The van der Waals surface area contributed by atoms with Gasteiger partial charge in [0.25, 0.3) is 0 Å². The minimum Gasteiger partial charge on any atom is -0.346 e. The first-order valence-corrected chi connectivity index (χ1v) is 21.4. The molecule has 1 saturated carbocycles. The van der Waals surface area contributed by atoms with Crippen LogP contribution in [-0.4, -0.2) is 90.8 Å². The zero-order valence-corrected chi connectivity index (χ0v) is 35.2. The molecule has 9 nitrogen and oxygen atoms in total. The minimum absolute atomic E-state index is 0.0698. The molecule has 56 heavy (non-hydrogen) atoms. The Hall–Kier alpha value is -3.69. The van der Waals surface area contributed by atoms with Crippen molar-refractivity contribution in [3.8, 4) is 0 Å². The normalized spacial score (nSPS) is 17.9. The number of aryl methyl sites for hydroxylation is 1. The van der Waals surface area contributed by atoms with Crippen LogP contribution in [0.15, 0.2) is 60.7 Å². The Morgan fingerprint density at radius 1 is 0.696 bits per heavy atom. The zero-order valence-electron chi connectivity index (χ0n) is 35.2. The molecule has 2 aromatic carbocycles. The average Bonchev–Trinajstić information content (AvgIpc) is 3.93. The Labute approximate surface area is 337 Å². The van der Waals surface area contributed by atoms with Gasteiger partial charge in [0.15, 0.2) is 11.6 Å². The summed E-state index contributed by atoms with van der Waals surface area (Å²) in [7, 11) is 2.15. The Bertz CT molecular complexity index is 1550. The lowest BCUT2D eigenvalue weighted by molar-refractivity contribution is -0.135. The predicted octanol–water partition coefficient (Wildman–Crippen LogP) is 6.86. The molecule has 2 aliphatic rings. The van der Waals surface area contributed by atoms with Gasteiger partial charge >= 0.3 is 0 Å². The van der Waals surface area contributed by atoms with Crippen molar-refractivity contribution in [3.63, 3.8) is 0 Å². The maximum atomic E-state index is 14.3. The van der Waals surface area contributed by atoms with Crippen molar-refractivity contribution in [2.24, 2.45) is 29.1 Å². The third-order valence-corrected chi connectivity index (χ3v) is 11.7. The number of amides is 2. The monoisotopic (exact) mass is 771 g/mol. The van der Waals surface area contributed by atoms with Crippen LogP contribution >= 0.6 is 0 Å². The fourth-order valence-electron chi connectivity index (χ4n) is 7.84. The Kier molecular flexibility index (Phi) is 17.9.